The van der Waals surface area contributed by atoms with Gasteiger partial charge in [0.1, 0.15) is 5.82 Å². The maximum absolute atomic E-state index is 5.64. The van der Waals surface area contributed by atoms with E-state index in [4.69, 9.17) is 10.2 Å². The molecule has 0 atom stereocenters. The first-order chi connectivity index (χ1) is 8.81. The van der Waals surface area contributed by atoms with Crippen molar-refractivity contribution >= 4 is 5.69 Å². The number of hydrogen-bond donors (Lipinski definition) is 2. The average molecular weight is 240 g/mol. The molecule has 0 aliphatic rings. The molecule has 5 heteroatoms. The number of aromatic nitrogens is 3. The van der Waals surface area contributed by atoms with Gasteiger partial charge in [-0.05, 0) is 29.8 Å². The first kappa shape index (κ1) is 10.6. The van der Waals surface area contributed by atoms with Crippen molar-refractivity contribution < 1.29 is 4.42 Å². The van der Waals surface area contributed by atoms with Gasteiger partial charge in [0.15, 0.2) is 5.76 Å². The largest absolute Gasteiger partial charge is 0.461 e. The first-order valence-electron chi connectivity index (χ1n) is 5.61. The van der Waals surface area contributed by atoms with Crippen LogP contribution in [0, 0.1) is 0 Å². The lowest BCUT2D eigenvalue weighted by atomic mass is 10.1. The van der Waals surface area contributed by atoms with E-state index >= 15 is 0 Å². The van der Waals surface area contributed by atoms with Gasteiger partial charge in [-0.15, -0.1) is 0 Å². The van der Waals surface area contributed by atoms with E-state index in [1.54, 1.807) is 6.26 Å². The molecule has 5 nitrogen and oxygen atoms in total. The van der Waals surface area contributed by atoms with Gasteiger partial charge in [-0.2, -0.15) is 5.10 Å². The zero-order valence-corrected chi connectivity index (χ0v) is 9.63. The van der Waals surface area contributed by atoms with E-state index in [2.05, 4.69) is 15.2 Å². The van der Waals surface area contributed by atoms with E-state index in [9.17, 15) is 0 Å². The number of nitrogens with one attached hydrogen (secondary N) is 1. The summed E-state index contributed by atoms with van der Waals surface area (Å²) in [6.45, 7) is 0. The molecule has 0 bridgehead atoms. The zero-order valence-electron chi connectivity index (χ0n) is 9.63. The van der Waals surface area contributed by atoms with Gasteiger partial charge in [0.05, 0.1) is 6.26 Å². The van der Waals surface area contributed by atoms with Crippen molar-refractivity contribution in [2.75, 3.05) is 5.73 Å². The summed E-state index contributed by atoms with van der Waals surface area (Å²) < 4.78 is 5.24. The van der Waals surface area contributed by atoms with Gasteiger partial charge in [0.25, 0.3) is 0 Å². The van der Waals surface area contributed by atoms with E-state index in [-0.39, 0.29) is 0 Å². The summed E-state index contributed by atoms with van der Waals surface area (Å²) in [6.07, 6.45) is 2.29. The van der Waals surface area contributed by atoms with Gasteiger partial charge in [0.2, 0.25) is 5.82 Å². The molecule has 0 saturated heterocycles. The quantitative estimate of drug-likeness (QED) is 0.688. The number of H-pyrrole nitrogens is 1. The third-order valence-corrected chi connectivity index (χ3v) is 2.62. The monoisotopic (exact) mass is 240 g/mol. The molecule has 0 saturated carbocycles. The van der Waals surface area contributed by atoms with Crippen molar-refractivity contribution in [2.24, 2.45) is 0 Å². The average Bonchev–Trinajstić information content (AvgIpc) is 3.02. The number of nitrogens with zero attached hydrogens (tertiary/aromatic N) is 2. The zero-order chi connectivity index (χ0) is 12.4. The predicted octanol–water partition coefficient (Wildman–Crippen LogP) is 2.24. The number of hydrogen-bond acceptors (Lipinski definition) is 4. The molecule has 1 aromatic carbocycles. The number of nitrogens with two attached hydrogens (primary N) is 1. The van der Waals surface area contributed by atoms with Crippen LogP contribution in [0.25, 0.3) is 11.6 Å². The number of aromatic amines is 1. The van der Waals surface area contributed by atoms with E-state index in [0.717, 1.165) is 17.1 Å². The summed E-state index contributed by atoms with van der Waals surface area (Å²) in [5, 5.41) is 7.02. The molecule has 0 radical (unpaired) electrons. The molecule has 3 rings (SSSR count). The summed E-state index contributed by atoms with van der Waals surface area (Å²) in [4.78, 5) is 4.38. The maximum Gasteiger partial charge on any atom is 0.216 e. The normalized spacial score (nSPS) is 10.7. The Balaban J connectivity index is 1.80. The van der Waals surface area contributed by atoms with E-state index in [1.165, 1.54) is 0 Å². The molecule has 2 aromatic heterocycles. The lowest BCUT2D eigenvalue weighted by Gasteiger charge is -1.98. The molecule has 3 N–H and O–H groups in total. The van der Waals surface area contributed by atoms with Crippen molar-refractivity contribution in [1.29, 1.82) is 0 Å². The Kier molecular flexibility index (Phi) is 2.57. The topological polar surface area (TPSA) is 80.7 Å². The Labute approximate surface area is 104 Å². The maximum atomic E-state index is 5.64. The highest BCUT2D eigenvalue weighted by molar-refractivity contribution is 5.45. The third-order valence-electron chi connectivity index (χ3n) is 2.62. The van der Waals surface area contributed by atoms with E-state index in [0.29, 0.717) is 18.0 Å². The van der Waals surface area contributed by atoms with Crippen molar-refractivity contribution in [3.8, 4) is 11.6 Å². The molecule has 0 spiro atoms. The summed E-state index contributed by atoms with van der Waals surface area (Å²) in [5.41, 5.74) is 7.53. The van der Waals surface area contributed by atoms with Gasteiger partial charge in [-0.3, -0.25) is 5.10 Å². The minimum absolute atomic E-state index is 0.574. The first-order valence-corrected chi connectivity index (χ1v) is 5.61. The molecule has 0 aliphatic carbocycles. The Hall–Kier alpha value is -2.56. The van der Waals surface area contributed by atoms with Crippen LogP contribution in [-0.4, -0.2) is 15.2 Å². The molecule has 2 heterocycles. The van der Waals surface area contributed by atoms with Gasteiger partial charge < -0.3 is 10.2 Å². The predicted molar refractivity (Wildman–Crippen MR) is 67.7 cm³/mol. The summed E-state index contributed by atoms with van der Waals surface area (Å²) >= 11 is 0. The van der Waals surface area contributed by atoms with Crippen molar-refractivity contribution in [1.82, 2.24) is 15.2 Å². The van der Waals surface area contributed by atoms with Gasteiger partial charge in [0, 0.05) is 12.1 Å². The van der Waals surface area contributed by atoms with Crippen LogP contribution in [-0.2, 0) is 6.42 Å². The van der Waals surface area contributed by atoms with Gasteiger partial charge >= 0.3 is 0 Å². The lowest BCUT2D eigenvalue weighted by Crippen LogP contribution is -1.92. The smallest absolute Gasteiger partial charge is 0.216 e. The highest BCUT2D eigenvalue weighted by Gasteiger charge is 2.08. The number of benzene rings is 1. The fourth-order valence-corrected chi connectivity index (χ4v) is 1.72. The van der Waals surface area contributed by atoms with Crippen LogP contribution >= 0.6 is 0 Å². The second kappa shape index (κ2) is 4.37. The Morgan fingerprint density at radius 3 is 2.72 bits per heavy atom. The van der Waals surface area contributed by atoms with Gasteiger partial charge in [-0.1, -0.05) is 12.1 Å². The minimum atomic E-state index is 0.574. The van der Waals surface area contributed by atoms with Crippen LogP contribution in [0.2, 0.25) is 0 Å². The summed E-state index contributed by atoms with van der Waals surface area (Å²) in [7, 11) is 0. The Bertz CT molecular complexity index is 625. The number of furan rings is 1. The molecular formula is C13H12N4O. The highest BCUT2D eigenvalue weighted by Crippen LogP contribution is 2.16. The number of nitrogen functional groups attached to an aromatic ring is 1. The fourth-order valence-electron chi connectivity index (χ4n) is 1.72. The lowest BCUT2D eigenvalue weighted by molar-refractivity contribution is 0.577. The summed E-state index contributed by atoms with van der Waals surface area (Å²) in [6, 6.07) is 11.3. The molecule has 0 amide bonds. The third kappa shape index (κ3) is 2.10. The van der Waals surface area contributed by atoms with Gasteiger partial charge in [-0.25, -0.2) is 4.98 Å². The molecule has 3 aromatic rings. The molecule has 0 unspecified atom stereocenters. The van der Waals surface area contributed by atoms with Crippen LogP contribution in [0.4, 0.5) is 5.69 Å². The Morgan fingerprint density at radius 1 is 1.17 bits per heavy atom. The van der Waals surface area contributed by atoms with Crippen molar-refractivity contribution in [3.05, 3.63) is 54.0 Å². The SMILES string of the molecule is Nc1ccc(Cc2nc(-c3ccco3)n[nH]2)cc1. The van der Waals surface area contributed by atoms with Crippen LogP contribution in [0.5, 0.6) is 0 Å². The molecule has 0 aliphatic heterocycles. The Morgan fingerprint density at radius 2 is 2.00 bits per heavy atom. The van der Waals surface area contributed by atoms with Crippen LogP contribution in [0.3, 0.4) is 0 Å². The van der Waals surface area contributed by atoms with Crippen LogP contribution in [0.1, 0.15) is 11.4 Å². The van der Waals surface area contributed by atoms with Crippen molar-refractivity contribution in [3.63, 3.8) is 0 Å². The fraction of sp³-hybridized carbons (Fsp3) is 0.0769. The number of rotatable bonds is 3. The van der Waals surface area contributed by atoms with E-state index in [1.807, 2.05) is 36.4 Å². The molecular weight excluding hydrogens is 228 g/mol. The second-order valence-corrected chi connectivity index (χ2v) is 4.00. The van der Waals surface area contributed by atoms with Crippen molar-refractivity contribution in [2.45, 2.75) is 6.42 Å². The standard InChI is InChI=1S/C13H12N4O/c14-10-5-3-9(4-6-10)8-12-15-13(17-16-12)11-2-1-7-18-11/h1-7H,8,14H2,(H,15,16,17). The second-order valence-electron chi connectivity index (χ2n) is 4.00. The molecule has 0 fully saturated rings. The summed E-state index contributed by atoms with van der Waals surface area (Å²) in [5.74, 6) is 2.03. The molecule has 90 valence electrons. The highest BCUT2D eigenvalue weighted by atomic mass is 16.3. The van der Waals surface area contributed by atoms with Crippen LogP contribution < -0.4 is 5.73 Å². The molecule has 18 heavy (non-hydrogen) atoms. The van der Waals surface area contributed by atoms with Crippen LogP contribution in [0.15, 0.2) is 47.1 Å². The number of anilines is 1. The minimum Gasteiger partial charge on any atom is -0.461 e. The van der Waals surface area contributed by atoms with E-state index < -0.39 is 0 Å².